The normalized spacial score (nSPS) is 20.6. The lowest BCUT2D eigenvalue weighted by atomic mass is 10.1. The van der Waals surface area contributed by atoms with E-state index in [1.165, 1.54) is 0 Å². The summed E-state index contributed by atoms with van der Waals surface area (Å²) in [6.07, 6.45) is 5.84. The van der Waals surface area contributed by atoms with Crippen molar-refractivity contribution >= 4 is 5.82 Å². The molecule has 1 unspecified atom stereocenters. The highest BCUT2D eigenvalue weighted by molar-refractivity contribution is 5.37. The van der Waals surface area contributed by atoms with E-state index in [0.717, 1.165) is 38.4 Å². The number of rotatable bonds is 4. The summed E-state index contributed by atoms with van der Waals surface area (Å²) in [6, 6.07) is 0. The third-order valence-corrected chi connectivity index (χ3v) is 2.94. The maximum Gasteiger partial charge on any atom is 0.147 e. The SMILES string of the molecule is CCOC1CCCN(c2cncc(CO)n2)C1. The van der Waals surface area contributed by atoms with E-state index in [2.05, 4.69) is 14.9 Å². The molecule has 0 bridgehead atoms. The Bertz CT molecular complexity index is 357. The van der Waals surface area contributed by atoms with Crippen molar-refractivity contribution < 1.29 is 9.84 Å². The highest BCUT2D eigenvalue weighted by Gasteiger charge is 2.21. The van der Waals surface area contributed by atoms with Crippen molar-refractivity contribution in [2.45, 2.75) is 32.5 Å². The van der Waals surface area contributed by atoms with Crippen LogP contribution in [0.3, 0.4) is 0 Å². The fraction of sp³-hybridized carbons (Fsp3) is 0.667. The number of aromatic nitrogens is 2. The number of hydrogen-bond acceptors (Lipinski definition) is 5. The molecular weight excluding hydrogens is 218 g/mol. The lowest BCUT2D eigenvalue weighted by molar-refractivity contribution is 0.0525. The Balaban J connectivity index is 2.05. The van der Waals surface area contributed by atoms with E-state index in [4.69, 9.17) is 9.84 Å². The lowest BCUT2D eigenvalue weighted by Crippen LogP contribution is -2.40. The number of nitrogens with zero attached hydrogens (tertiary/aromatic N) is 3. The second kappa shape index (κ2) is 5.93. The third-order valence-electron chi connectivity index (χ3n) is 2.94. The van der Waals surface area contributed by atoms with Crippen molar-refractivity contribution in [1.82, 2.24) is 9.97 Å². The van der Waals surface area contributed by atoms with Gasteiger partial charge in [-0.05, 0) is 19.8 Å². The van der Waals surface area contributed by atoms with Crippen LogP contribution in [-0.4, -0.2) is 40.9 Å². The first-order valence-electron chi connectivity index (χ1n) is 6.11. The highest BCUT2D eigenvalue weighted by Crippen LogP contribution is 2.19. The zero-order valence-electron chi connectivity index (χ0n) is 10.2. The molecular formula is C12H19N3O2. The molecule has 1 aromatic heterocycles. The van der Waals surface area contributed by atoms with E-state index < -0.39 is 0 Å². The quantitative estimate of drug-likeness (QED) is 0.845. The maximum absolute atomic E-state index is 9.05. The third kappa shape index (κ3) is 3.14. The molecule has 5 heteroatoms. The lowest BCUT2D eigenvalue weighted by Gasteiger charge is -2.33. The zero-order chi connectivity index (χ0) is 12.1. The summed E-state index contributed by atoms with van der Waals surface area (Å²) in [6.45, 7) is 4.54. The predicted octanol–water partition coefficient (Wildman–Crippen LogP) is 0.974. The van der Waals surface area contributed by atoms with Crippen LogP contribution < -0.4 is 4.90 Å². The summed E-state index contributed by atoms with van der Waals surface area (Å²) in [4.78, 5) is 10.6. The van der Waals surface area contributed by atoms with Gasteiger partial charge in [0.25, 0.3) is 0 Å². The summed E-state index contributed by atoms with van der Waals surface area (Å²) < 4.78 is 5.65. The fourth-order valence-electron chi connectivity index (χ4n) is 2.14. The van der Waals surface area contributed by atoms with Gasteiger partial charge in [-0.25, -0.2) is 4.98 Å². The second-order valence-electron chi connectivity index (χ2n) is 4.19. The zero-order valence-corrected chi connectivity index (χ0v) is 10.2. The molecule has 0 radical (unpaired) electrons. The van der Waals surface area contributed by atoms with Crippen molar-refractivity contribution in [2.24, 2.45) is 0 Å². The largest absolute Gasteiger partial charge is 0.390 e. The van der Waals surface area contributed by atoms with Crippen LogP contribution in [0.2, 0.25) is 0 Å². The Kier molecular flexibility index (Phi) is 4.28. The molecule has 0 aromatic carbocycles. The molecule has 0 amide bonds. The summed E-state index contributed by atoms with van der Waals surface area (Å²) in [5.74, 6) is 0.834. The number of aliphatic hydroxyl groups is 1. The molecule has 2 heterocycles. The van der Waals surface area contributed by atoms with Gasteiger partial charge >= 0.3 is 0 Å². The first-order chi connectivity index (χ1) is 8.33. The van der Waals surface area contributed by atoms with E-state index in [0.29, 0.717) is 5.69 Å². The van der Waals surface area contributed by atoms with Gasteiger partial charge < -0.3 is 14.7 Å². The van der Waals surface area contributed by atoms with Crippen molar-refractivity contribution in [2.75, 3.05) is 24.6 Å². The van der Waals surface area contributed by atoms with Gasteiger partial charge in [0.15, 0.2) is 0 Å². The molecule has 1 aliphatic rings. The Morgan fingerprint density at radius 1 is 1.53 bits per heavy atom. The first kappa shape index (κ1) is 12.3. The Morgan fingerprint density at radius 2 is 2.41 bits per heavy atom. The summed E-state index contributed by atoms with van der Waals surface area (Å²) in [7, 11) is 0. The molecule has 1 fully saturated rings. The predicted molar refractivity (Wildman–Crippen MR) is 64.8 cm³/mol. The maximum atomic E-state index is 9.05. The van der Waals surface area contributed by atoms with E-state index >= 15 is 0 Å². The topological polar surface area (TPSA) is 58.5 Å². The Labute approximate surface area is 101 Å². The molecule has 94 valence electrons. The first-order valence-corrected chi connectivity index (χ1v) is 6.11. The molecule has 1 aliphatic heterocycles. The van der Waals surface area contributed by atoms with Gasteiger partial charge in [-0.2, -0.15) is 0 Å². The smallest absolute Gasteiger partial charge is 0.147 e. The number of hydrogen-bond donors (Lipinski definition) is 1. The standard InChI is InChI=1S/C12H19N3O2/c1-2-17-11-4-3-5-15(8-11)12-7-13-6-10(9-16)14-12/h6-7,11,16H,2-5,8-9H2,1H3. The molecule has 0 spiro atoms. The molecule has 1 N–H and O–H groups in total. The van der Waals surface area contributed by atoms with Gasteiger partial charge in [-0.3, -0.25) is 4.98 Å². The molecule has 5 nitrogen and oxygen atoms in total. The van der Waals surface area contributed by atoms with Crippen LogP contribution in [0.4, 0.5) is 5.82 Å². The molecule has 1 atom stereocenters. The van der Waals surface area contributed by atoms with Gasteiger partial charge in [0.05, 0.1) is 30.8 Å². The van der Waals surface area contributed by atoms with Crippen molar-refractivity contribution in [3.05, 3.63) is 18.1 Å². The monoisotopic (exact) mass is 237 g/mol. The average Bonchev–Trinajstić information content (AvgIpc) is 2.40. The summed E-state index contributed by atoms with van der Waals surface area (Å²) in [5.41, 5.74) is 0.612. The number of anilines is 1. The van der Waals surface area contributed by atoms with E-state index in [-0.39, 0.29) is 12.7 Å². The van der Waals surface area contributed by atoms with Gasteiger partial charge in [0.2, 0.25) is 0 Å². The van der Waals surface area contributed by atoms with Crippen LogP contribution in [0.5, 0.6) is 0 Å². The minimum atomic E-state index is -0.0659. The van der Waals surface area contributed by atoms with Crippen LogP contribution in [0, 0.1) is 0 Å². The van der Waals surface area contributed by atoms with Crippen molar-refractivity contribution in [3.8, 4) is 0 Å². The number of ether oxygens (including phenoxy) is 1. The molecule has 0 aliphatic carbocycles. The minimum Gasteiger partial charge on any atom is -0.390 e. The minimum absolute atomic E-state index is 0.0659. The van der Waals surface area contributed by atoms with Crippen LogP contribution in [0.15, 0.2) is 12.4 Å². The average molecular weight is 237 g/mol. The van der Waals surface area contributed by atoms with Gasteiger partial charge in [0.1, 0.15) is 5.82 Å². The van der Waals surface area contributed by atoms with Gasteiger partial charge in [0, 0.05) is 19.7 Å². The Hall–Kier alpha value is -1.20. The van der Waals surface area contributed by atoms with Crippen molar-refractivity contribution in [1.29, 1.82) is 0 Å². The molecule has 1 aromatic rings. The molecule has 1 saturated heterocycles. The van der Waals surface area contributed by atoms with Crippen LogP contribution in [0.25, 0.3) is 0 Å². The van der Waals surface area contributed by atoms with E-state index in [1.54, 1.807) is 12.4 Å². The van der Waals surface area contributed by atoms with E-state index in [9.17, 15) is 0 Å². The molecule has 17 heavy (non-hydrogen) atoms. The molecule has 2 rings (SSSR count). The number of aliphatic hydroxyl groups excluding tert-OH is 1. The van der Waals surface area contributed by atoms with E-state index in [1.807, 2.05) is 6.92 Å². The molecule has 0 saturated carbocycles. The second-order valence-corrected chi connectivity index (χ2v) is 4.19. The highest BCUT2D eigenvalue weighted by atomic mass is 16.5. The van der Waals surface area contributed by atoms with Crippen LogP contribution in [-0.2, 0) is 11.3 Å². The van der Waals surface area contributed by atoms with Gasteiger partial charge in [-0.1, -0.05) is 0 Å². The summed E-state index contributed by atoms with van der Waals surface area (Å²) in [5, 5.41) is 9.05. The fourth-order valence-corrected chi connectivity index (χ4v) is 2.14. The van der Waals surface area contributed by atoms with Crippen molar-refractivity contribution in [3.63, 3.8) is 0 Å². The van der Waals surface area contributed by atoms with Crippen LogP contribution >= 0.6 is 0 Å². The van der Waals surface area contributed by atoms with Crippen LogP contribution in [0.1, 0.15) is 25.5 Å². The summed E-state index contributed by atoms with van der Waals surface area (Å²) >= 11 is 0. The van der Waals surface area contributed by atoms with Gasteiger partial charge in [-0.15, -0.1) is 0 Å². The number of piperidine rings is 1. The Morgan fingerprint density at radius 3 is 3.18 bits per heavy atom.